The standard InChI is InChI=1S/C14H14F2N2/c1-9-3-4-17-8-14(9)18-10(2)11-5-12(15)7-13(16)6-11/h3-8,10,18H,1-2H3. The number of pyridine rings is 1. The average molecular weight is 248 g/mol. The number of anilines is 1. The van der Waals surface area contributed by atoms with Crippen LogP contribution in [-0.2, 0) is 0 Å². The van der Waals surface area contributed by atoms with Gasteiger partial charge in [0.15, 0.2) is 0 Å². The molecule has 0 aliphatic heterocycles. The number of aromatic nitrogens is 1. The van der Waals surface area contributed by atoms with Crippen molar-refractivity contribution in [2.75, 3.05) is 5.32 Å². The van der Waals surface area contributed by atoms with E-state index in [4.69, 9.17) is 0 Å². The van der Waals surface area contributed by atoms with Crippen LogP contribution in [0.5, 0.6) is 0 Å². The molecule has 1 aromatic heterocycles. The van der Waals surface area contributed by atoms with Gasteiger partial charge in [-0.3, -0.25) is 4.98 Å². The van der Waals surface area contributed by atoms with E-state index in [0.29, 0.717) is 5.56 Å². The van der Waals surface area contributed by atoms with Crippen LogP contribution in [-0.4, -0.2) is 4.98 Å². The van der Waals surface area contributed by atoms with E-state index in [9.17, 15) is 8.78 Å². The highest BCUT2D eigenvalue weighted by atomic mass is 19.1. The van der Waals surface area contributed by atoms with Crippen molar-refractivity contribution >= 4 is 5.69 Å². The molecule has 1 aromatic carbocycles. The number of aryl methyl sites for hydroxylation is 1. The maximum atomic E-state index is 13.1. The lowest BCUT2D eigenvalue weighted by Gasteiger charge is -2.17. The number of nitrogens with one attached hydrogen (secondary N) is 1. The van der Waals surface area contributed by atoms with Crippen molar-refractivity contribution in [1.29, 1.82) is 0 Å². The fourth-order valence-electron chi connectivity index (χ4n) is 1.76. The number of rotatable bonds is 3. The Morgan fingerprint density at radius 2 is 1.83 bits per heavy atom. The second kappa shape index (κ2) is 5.12. The predicted molar refractivity (Wildman–Crippen MR) is 67.4 cm³/mol. The van der Waals surface area contributed by atoms with Gasteiger partial charge in [-0.15, -0.1) is 0 Å². The normalized spacial score (nSPS) is 12.2. The summed E-state index contributed by atoms with van der Waals surface area (Å²) in [5.41, 5.74) is 2.46. The van der Waals surface area contributed by atoms with Crippen molar-refractivity contribution < 1.29 is 8.78 Å². The fraction of sp³-hybridized carbons (Fsp3) is 0.214. The molecule has 0 saturated heterocycles. The van der Waals surface area contributed by atoms with Crippen LogP contribution in [0.3, 0.4) is 0 Å². The first-order chi connectivity index (χ1) is 8.56. The van der Waals surface area contributed by atoms with Crippen molar-refractivity contribution in [1.82, 2.24) is 4.98 Å². The summed E-state index contributed by atoms with van der Waals surface area (Å²) in [6, 6.07) is 5.20. The van der Waals surface area contributed by atoms with Gasteiger partial charge < -0.3 is 5.32 Å². The number of hydrogen-bond donors (Lipinski definition) is 1. The molecule has 2 aromatic rings. The van der Waals surface area contributed by atoms with Crippen LogP contribution >= 0.6 is 0 Å². The minimum absolute atomic E-state index is 0.196. The van der Waals surface area contributed by atoms with Crippen LogP contribution in [0, 0.1) is 18.6 Å². The molecule has 0 spiro atoms. The maximum Gasteiger partial charge on any atom is 0.126 e. The average Bonchev–Trinajstić information content (AvgIpc) is 2.31. The quantitative estimate of drug-likeness (QED) is 0.892. The summed E-state index contributed by atoms with van der Waals surface area (Å²) in [5, 5.41) is 3.19. The summed E-state index contributed by atoms with van der Waals surface area (Å²) in [4.78, 5) is 4.02. The molecule has 1 unspecified atom stereocenters. The summed E-state index contributed by atoms with van der Waals surface area (Å²) >= 11 is 0. The lowest BCUT2D eigenvalue weighted by molar-refractivity contribution is 0.577. The van der Waals surface area contributed by atoms with Crippen LogP contribution in [0.25, 0.3) is 0 Å². The Balaban J connectivity index is 2.22. The molecule has 2 nitrogen and oxygen atoms in total. The minimum Gasteiger partial charge on any atom is -0.377 e. The van der Waals surface area contributed by atoms with Gasteiger partial charge in [0.05, 0.1) is 11.9 Å². The first-order valence-electron chi connectivity index (χ1n) is 5.69. The molecular weight excluding hydrogens is 234 g/mol. The van der Waals surface area contributed by atoms with Crippen LogP contribution in [0.15, 0.2) is 36.7 Å². The van der Waals surface area contributed by atoms with Gasteiger partial charge in [-0.05, 0) is 43.2 Å². The van der Waals surface area contributed by atoms with Gasteiger partial charge in [0.2, 0.25) is 0 Å². The predicted octanol–water partition coefficient (Wildman–Crippen LogP) is 3.84. The molecule has 0 aliphatic rings. The van der Waals surface area contributed by atoms with E-state index < -0.39 is 11.6 Å². The van der Waals surface area contributed by atoms with Gasteiger partial charge in [-0.1, -0.05) is 0 Å². The molecule has 1 heterocycles. The molecule has 0 saturated carbocycles. The number of benzene rings is 1. The second-order valence-corrected chi connectivity index (χ2v) is 4.26. The molecule has 1 N–H and O–H groups in total. The van der Waals surface area contributed by atoms with Crippen molar-refractivity contribution in [3.63, 3.8) is 0 Å². The molecule has 94 valence electrons. The molecule has 0 bridgehead atoms. The fourth-order valence-corrected chi connectivity index (χ4v) is 1.76. The Morgan fingerprint density at radius 1 is 1.17 bits per heavy atom. The van der Waals surface area contributed by atoms with Gasteiger partial charge in [-0.25, -0.2) is 8.78 Å². The van der Waals surface area contributed by atoms with E-state index in [1.165, 1.54) is 12.1 Å². The third-order valence-corrected chi connectivity index (χ3v) is 2.80. The molecule has 2 rings (SSSR count). The third-order valence-electron chi connectivity index (χ3n) is 2.80. The molecule has 18 heavy (non-hydrogen) atoms. The zero-order valence-corrected chi connectivity index (χ0v) is 10.2. The van der Waals surface area contributed by atoms with Gasteiger partial charge >= 0.3 is 0 Å². The zero-order chi connectivity index (χ0) is 13.1. The van der Waals surface area contributed by atoms with E-state index in [1.807, 2.05) is 19.9 Å². The molecular formula is C14H14F2N2. The summed E-state index contributed by atoms with van der Waals surface area (Å²) in [6.45, 7) is 3.80. The highest BCUT2D eigenvalue weighted by molar-refractivity contribution is 5.49. The monoisotopic (exact) mass is 248 g/mol. The number of halogens is 2. The molecule has 0 aliphatic carbocycles. The Morgan fingerprint density at radius 3 is 2.44 bits per heavy atom. The first kappa shape index (κ1) is 12.5. The maximum absolute atomic E-state index is 13.1. The largest absolute Gasteiger partial charge is 0.377 e. The summed E-state index contributed by atoms with van der Waals surface area (Å²) < 4.78 is 26.3. The highest BCUT2D eigenvalue weighted by Gasteiger charge is 2.09. The lowest BCUT2D eigenvalue weighted by atomic mass is 10.1. The molecule has 0 amide bonds. The van der Waals surface area contributed by atoms with Gasteiger partial charge in [0.1, 0.15) is 11.6 Å². The molecule has 0 fully saturated rings. The van der Waals surface area contributed by atoms with Crippen molar-refractivity contribution in [3.8, 4) is 0 Å². The van der Waals surface area contributed by atoms with E-state index in [1.54, 1.807) is 12.4 Å². The second-order valence-electron chi connectivity index (χ2n) is 4.26. The number of nitrogens with zero attached hydrogens (tertiary/aromatic N) is 1. The molecule has 1 atom stereocenters. The topological polar surface area (TPSA) is 24.9 Å². The summed E-state index contributed by atoms with van der Waals surface area (Å²) in [6.07, 6.45) is 3.40. The first-order valence-corrected chi connectivity index (χ1v) is 5.69. The van der Waals surface area contributed by atoms with Crippen LogP contribution in [0.2, 0.25) is 0 Å². The summed E-state index contributed by atoms with van der Waals surface area (Å²) in [5.74, 6) is -1.14. The SMILES string of the molecule is Cc1ccncc1NC(C)c1cc(F)cc(F)c1. The molecule has 0 radical (unpaired) electrons. The Kier molecular flexibility index (Phi) is 3.55. The van der Waals surface area contributed by atoms with Crippen LogP contribution in [0.4, 0.5) is 14.5 Å². The smallest absolute Gasteiger partial charge is 0.126 e. The highest BCUT2D eigenvalue weighted by Crippen LogP contribution is 2.22. The van der Waals surface area contributed by atoms with Crippen LogP contribution in [0.1, 0.15) is 24.1 Å². The third kappa shape index (κ3) is 2.83. The van der Waals surface area contributed by atoms with E-state index in [-0.39, 0.29) is 6.04 Å². The number of hydrogen-bond acceptors (Lipinski definition) is 2. The van der Waals surface area contributed by atoms with E-state index in [0.717, 1.165) is 17.3 Å². The molecule has 4 heteroatoms. The van der Waals surface area contributed by atoms with Gasteiger partial charge in [0.25, 0.3) is 0 Å². The van der Waals surface area contributed by atoms with E-state index >= 15 is 0 Å². The van der Waals surface area contributed by atoms with Crippen LogP contribution < -0.4 is 5.32 Å². The Labute approximate surface area is 105 Å². The van der Waals surface area contributed by atoms with Gasteiger partial charge in [-0.2, -0.15) is 0 Å². The van der Waals surface area contributed by atoms with Crippen molar-refractivity contribution in [2.24, 2.45) is 0 Å². The summed E-state index contributed by atoms with van der Waals surface area (Å²) in [7, 11) is 0. The Hall–Kier alpha value is -1.97. The van der Waals surface area contributed by atoms with Crippen molar-refractivity contribution in [3.05, 3.63) is 59.4 Å². The van der Waals surface area contributed by atoms with Crippen molar-refractivity contribution in [2.45, 2.75) is 19.9 Å². The minimum atomic E-state index is -0.568. The Bertz CT molecular complexity index is 535. The zero-order valence-electron chi connectivity index (χ0n) is 10.2. The van der Waals surface area contributed by atoms with Gasteiger partial charge in [0, 0.05) is 18.3 Å². The van der Waals surface area contributed by atoms with E-state index in [2.05, 4.69) is 10.3 Å². The lowest BCUT2D eigenvalue weighted by Crippen LogP contribution is -2.08.